The molecule has 3 N–H and O–H groups in total. The Morgan fingerprint density at radius 3 is 2.80 bits per heavy atom. The Labute approximate surface area is 173 Å². The standard InChI is InChI=1S/C22H22N4O4/c1-30-21(28)19(12-15-13-24-18-8-3-2-7-17(15)18)25-20(27)14-5-4-6-16(11-14)26-10-9-23-22(26)29/h2-8,11,13,19,24H,9-10,12H2,1H3,(H,23,29)(H,25,27)/t19-/m1/s1. The number of fused-ring (bicyclic) bond motifs is 1. The van der Waals surface area contributed by atoms with E-state index in [1.165, 1.54) is 7.11 Å². The van der Waals surface area contributed by atoms with Crippen LogP contribution in [0.25, 0.3) is 10.9 Å². The highest BCUT2D eigenvalue weighted by atomic mass is 16.5. The van der Waals surface area contributed by atoms with Crippen molar-refractivity contribution in [3.63, 3.8) is 0 Å². The van der Waals surface area contributed by atoms with E-state index in [2.05, 4.69) is 15.6 Å². The quantitative estimate of drug-likeness (QED) is 0.546. The maximum Gasteiger partial charge on any atom is 0.328 e. The molecule has 1 aliphatic heterocycles. The normalized spacial score (nSPS) is 14.4. The Hall–Kier alpha value is -3.81. The number of hydrogen-bond acceptors (Lipinski definition) is 4. The summed E-state index contributed by atoms with van der Waals surface area (Å²) in [6.45, 7) is 1.10. The van der Waals surface area contributed by atoms with Crippen LogP contribution < -0.4 is 15.5 Å². The summed E-state index contributed by atoms with van der Waals surface area (Å²) in [4.78, 5) is 41.9. The molecule has 0 radical (unpaired) electrons. The number of ether oxygens (including phenoxy) is 1. The summed E-state index contributed by atoms with van der Waals surface area (Å²) in [6, 6.07) is 13.5. The first-order valence-electron chi connectivity index (χ1n) is 9.66. The molecule has 154 valence electrons. The molecule has 1 aromatic heterocycles. The highest BCUT2D eigenvalue weighted by Crippen LogP contribution is 2.21. The number of esters is 1. The van der Waals surface area contributed by atoms with Gasteiger partial charge in [-0.25, -0.2) is 9.59 Å². The van der Waals surface area contributed by atoms with Gasteiger partial charge in [0.25, 0.3) is 5.91 Å². The van der Waals surface area contributed by atoms with Gasteiger partial charge in [0.2, 0.25) is 0 Å². The number of aromatic amines is 1. The SMILES string of the molecule is COC(=O)[C@@H](Cc1c[nH]c2ccccc12)NC(=O)c1cccc(N2CCNC2=O)c1. The maximum absolute atomic E-state index is 12.9. The van der Waals surface area contributed by atoms with Gasteiger partial charge in [-0.2, -0.15) is 0 Å². The van der Waals surface area contributed by atoms with Crippen LogP contribution in [0.3, 0.4) is 0 Å². The van der Waals surface area contributed by atoms with Crippen LogP contribution in [-0.4, -0.2) is 49.1 Å². The fourth-order valence-electron chi connectivity index (χ4n) is 3.63. The third-order valence-corrected chi connectivity index (χ3v) is 5.17. The summed E-state index contributed by atoms with van der Waals surface area (Å²) in [6.07, 6.45) is 2.12. The third kappa shape index (κ3) is 3.84. The van der Waals surface area contributed by atoms with E-state index in [1.807, 2.05) is 30.5 Å². The van der Waals surface area contributed by atoms with Crippen LogP contribution in [0.15, 0.2) is 54.7 Å². The summed E-state index contributed by atoms with van der Waals surface area (Å²) in [5, 5.41) is 6.49. The molecular formula is C22H22N4O4. The van der Waals surface area contributed by atoms with Crippen molar-refractivity contribution in [3.05, 3.63) is 65.9 Å². The van der Waals surface area contributed by atoms with Gasteiger partial charge in [-0.05, 0) is 29.8 Å². The largest absolute Gasteiger partial charge is 0.467 e. The minimum atomic E-state index is -0.847. The van der Waals surface area contributed by atoms with Crippen LogP contribution in [0.5, 0.6) is 0 Å². The van der Waals surface area contributed by atoms with Crippen molar-refractivity contribution < 1.29 is 19.1 Å². The number of carbonyl (C=O) groups excluding carboxylic acids is 3. The predicted molar refractivity (Wildman–Crippen MR) is 112 cm³/mol. The first-order chi connectivity index (χ1) is 14.6. The maximum atomic E-state index is 12.9. The van der Waals surface area contributed by atoms with Crippen LogP contribution in [0, 0.1) is 0 Å². The first-order valence-corrected chi connectivity index (χ1v) is 9.66. The molecule has 0 saturated carbocycles. The zero-order chi connectivity index (χ0) is 21.1. The molecule has 1 fully saturated rings. The fraction of sp³-hybridized carbons (Fsp3) is 0.227. The van der Waals surface area contributed by atoms with E-state index < -0.39 is 17.9 Å². The number of methoxy groups -OCH3 is 1. The Morgan fingerprint density at radius 1 is 1.20 bits per heavy atom. The van der Waals surface area contributed by atoms with Gasteiger partial charge in [0.1, 0.15) is 6.04 Å². The number of rotatable bonds is 6. The zero-order valence-corrected chi connectivity index (χ0v) is 16.5. The zero-order valence-electron chi connectivity index (χ0n) is 16.5. The van der Waals surface area contributed by atoms with Crippen LogP contribution in [0.4, 0.5) is 10.5 Å². The molecule has 2 heterocycles. The van der Waals surface area contributed by atoms with Gasteiger partial charge >= 0.3 is 12.0 Å². The molecule has 3 amide bonds. The van der Waals surface area contributed by atoms with Crippen LogP contribution >= 0.6 is 0 Å². The Morgan fingerprint density at radius 2 is 2.03 bits per heavy atom. The predicted octanol–water partition coefficient (Wildman–Crippen LogP) is 2.21. The number of para-hydroxylation sites is 1. The van der Waals surface area contributed by atoms with Crippen molar-refractivity contribution in [3.8, 4) is 0 Å². The highest BCUT2D eigenvalue weighted by molar-refractivity contribution is 6.00. The number of amides is 3. The van der Waals surface area contributed by atoms with Crippen molar-refractivity contribution in [1.29, 1.82) is 0 Å². The third-order valence-electron chi connectivity index (χ3n) is 5.17. The molecule has 4 rings (SSSR count). The topological polar surface area (TPSA) is 104 Å². The summed E-state index contributed by atoms with van der Waals surface area (Å²) < 4.78 is 4.90. The van der Waals surface area contributed by atoms with E-state index in [0.717, 1.165) is 16.5 Å². The Balaban J connectivity index is 1.54. The van der Waals surface area contributed by atoms with Gasteiger partial charge in [0, 0.05) is 47.9 Å². The van der Waals surface area contributed by atoms with Crippen molar-refractivity contribution in [2.45, 2.75) is 12.5 Å². The van der Waals surface area contributed by atoms with E-state index in [0.29, 0.717) is 24.3 Å². The summed E-state index contributed by atoms with van der Waals surface area (Å²) >= 11 is 0. The number of hydrogen-bond donors (Lipinski definition) is 3. The average molecular weight is 406 g/mol. The second-order valence-electron chi connectivity index (χ2n) is 7.05. The molecule has 0 aliphatic carbocycles. The van der Waals surface area contributed by atoms with Crippen LogP contribution in [-0.2, 0) is 16.0 Å². The molecule has 0 bridgehead atoms. The summed E-state index contributed by atoms with van der Waals surface area (Å²) in [7, 11) is 1.29. The van der Waals surface area contributed by atoms with Gasteiger partial charge in [-0.3, -0.25) is 9.69 Å². The van der Waals surface area contributed by atoms with E-state index in [9.17, 15) is 14.4 Å². The molecule has 0 unspecified atom stereocenters. The van der Waals surface area contributed by atoms with Gasteiger partial charge in [-0.1, -0.05) is 24.3 Å². The number of aromatic nitrogens is 1. The molecule has 0 spiro atoms. The van der Waals surface area contributed by atoms with E-state index in [-0.39, 0.29) is 12.5 Å². The van der Waals surface area contributed by atoms with Crippen molar-refractivity contribution >= 4 is 34.5 Å². The fourth-order valence-corrected chi connectivity index (χ4v) is 3.63. The minimum Gasteiger partial charge on any atom is -0.467 e. The number of benzene rings is 2. The number of nitrogens with one attached hydrogen (secondary N) is 3. The van der Waals surface area contributed by atoms with Gasteiger partial charge in [0.05, 0.1) is 7.11 Å². The number of anilines is 1. The van der Waals surface area contributed by atoms with Crippen molar-refractivity contribution in [2.24, 2.45) is 0 Å². The lowest BCUT2D eigenvalue weighted by atomic mass is 10.0. The van der Waals surface area contributed by atoms with Gasteiger partial charge in [0.15, 0.2) is 0 Å². The van der Waals surface area contributed by atoms with Crippen LogP contribution in [0.1, 0.15) is 15.9 Å². The molecule has 3 aromatic rings. The second kappa shape index (κ2) is 8.28. The molecule has 2 aromatic carbocycles. The summed E-state index contributed by atoms with van der Waals surface area (Å²) in [5.74, 6) is -0.935. The minimum absolute atomic E-state index is 0.195. The smallest absolute Gasteiger partial charge is 0.328 e. The average Bonchev–Trinajstić information content (AvgIpc) is 3.39. The molecule has 8 heteroatoms. The lowest BCUT2D eigenvalue weighted by molar-refractivity contribution is -0.142. The molecular weight excluding hydrogens is 384 g/mol. The monoisotopic (exact) mass is 406 g/mol. The van der Waals surface area contributed by atoms with Gasteiger partial charge < -0.3 is 20.4 Å². The highest BCUT2D eigenvalue weighted by Gasteiger charge is 2.25. The first kappa shape index (κ1) is 19.5. The lowest BCUT2D eigenvalue weighted by Crippen LogP contribution is -2.43. The van der Waals surface area contributed by atoms with E-state index in [1.54, 1.807) is 29.2 Å². The molecule has 8 nitrogen and oxygen atoms in total. The van der Waals surface area contributed by atoms with E-state index in [4.69, 9.17) is 4.74 Å². The van der Waals surface area contributed by atoms with E-state index >= 15 is 0 Å². The number of H-pyrrole nitrogens is 1. The second-order valence-corrected chi connectivity index (χ2v) is 7.05. The molecule has 30 heavy (non-hydrogen) atoms. The number of urea groups is 1. The van der Waals surface area contributed by atoms with Gasteiger partial charge in [-0.15, -0.1) is 0 Å². The summed E-state index contributed by atoms with van der Waals surface area (Å²) in [5.41, 5.74) is 2.85. The Bertz CT molecular complexity index is 1110. The number of nitrogens with zero attached hydrogens (tertiary/aromatic N) is 1. The molecule has 1 saturated heterocycles. The van der Waals surface area contributed by atoms with Crippen LogP contribution in [0.2, 0.25) is 0 Å². The lowest BCUT2D eigenvalue weighted by Gasteiger charge is -2.18. The Kier molecular flexibility index (Phi) is 5.38. The van der Waals surface area contributed by atoms with Crippen molar-refractivity contribution in [2.75, 3.05) is 25.1 Å². The number of carbonyl (C=O) groups is 3. The van der Waals surface area contributed by atoms with Crippen molar-refractivity contribution in [1.82, 2.24) is 15.6 Å². The molecule has 1 atom stereocenters. The molecule has 1 aliphatic rings.